The van der Waals surface area contributed by atoms with Crippen LogP contribution in [0, 0.1) is 0 Å². The van der Waals surface area contributed by atoms with Crippen LogP contribution < -0.4 is 9.47 Å². The molecule has 0 aromatic heterocycles. The van der Waals surface area contributed by atoms with E-state index in [0.717, 1.165) is 17.1 Å². The van der Waals surface area contributed by atoms with Crippen LogP contribution in [0.15, 0.2) is 18.2 Å². The molecule has 2 aliphatic rings. The maximum absolute atomic E-state index is 13.1. The molecule has 0 spiro atoms. The maximum atomic E-state index is 13.1. The maximum Gasteiger partial charge on any atom is 0.250 e. The summed E-state index contributed by atoms with van der Waals surface area (Å²) < 4.78 is 37.1. The molecular formula is C14H17F2NO2. The predicted molar refractivity (Wildman–Crippen MR) is 66.9 cm³/mol. The summed E-state index contributed by atoms with van der Waals surface area (Å²) in [6.07, 6.45) is -0.0882. The average Bonchev–Trinajstić information content (AvgIpc) is 2.41. The Balaban J connectivity index is 1.64. The van der Waals surface area contributed by atoms with Crippen LogP contribution in [0.1, 0.15) is 18.4 Å². The number of likely N-dealkylation sites (tertiary alicyclic amines) is 1. The Labute approximate surface area is 111 Å². The Hall–Kier alpha value is -1.36. The van der Waals surface area contributed by atoms with Gasteiger partial charge in [-0.05, 0) is 17.7 Å². The molecule has 104 valence electrons. The topological polar surface area (TPSA) is 21.7 Å². The van der Waals surface area contributed by atoms with Crippen LogP contribution in [0.2, 0.25) is 0 Å². The van der Waals surface area contributed by atoms with Crippen molar-refractivity contribution >= 4 is 0 Å². The van der Waals surface area contributed by atoms with Gasteiger partial charge in [-0.15, -0.1) is 0 Å². The van der Waals surface area contributed by atoms with Crippen LogP contribution in [-0.2, 0) is 6.54 Å². The highest BCUT2D eigenvalue weighted by atomic mass is 19.3. The Kier molecular flexibility index (Phi) is 3.31. The van der Waals surface area contributed by atoms with Crippen molar-refractivity contribution in [3.8, 4) is 11.5 Å². The van der Waals surface area contributed by atoms with Gasteiger partial charge in [0.2, 0.25) is 0 Å². The first kappa shape index (κ1) is 12.7. The van der Waals surface area contributed by atoms with E-state index in [4.69, 9.17) is 9.47 Å². The predicted octanol–water partition coefficient (Wildman–Crippen LogP) is 2.69. The number of hydrogen-bond acceptors (Lipinski definition) is 3. The minimum Gasteiger partial charge on any atom is -0.486 e. The Morgan fingerprint density at radius 3 is 2.47 bits per heavy atom. The van der Waals surface area contributed by atoms with Crippen LogP contribution in [0.5, 0.6) is 11.5 Å². The molecule has 0 saturated carbocycles. The number of rotatable bonds is 2. The van der Waals surface area contributed by atoms with Gasteiger partial charge in [-0.3, -0.25) is 4.90 Å². The molecular weight excluding hydrogens is 252 g/mol. The molecule has 3 rings (SSSR count). The van der Waals surface area contributed by atoms with E-state index in [0.29, 0.717) is 32.8 Å². The molecule has 0 N–H and O–H groups in total. The van der Waals surface area contributed by atoms with Crippen LogP contribution in [0.25, 0.3) is 0 Å². The molecule has 0 amide bonds. The summed E-state index contributed by atoms with van der Waals surface area (Å²) in [6.45, 7) is 2.72. The molecule has 0 radical (unpaired) electrons. The van der Waals surface area contributed by atoms with E-state index in [1.807, 2.05) is 18.2 Å². The van der Waals surface area contributed by atoms with Crippen molar-refractivity contribution in [2.45, 2.75) is 25.3 Å². The molecule has 1 fully saturated rings. The summed E-state index contributed by atoms with van der Waals surface area (Å²) in [5.74, 6) is -0.963. The van der Waals surface area contributed by atoms with Gasteiger partial charge in [-0.1, -0.05) is 6.07 Å². The largest absolute Gasteiger partial charge is 0.486 e. The Morgan fingerprint density at radius 2 is 1.74 bits per heavy atom. The van der Waals surface area contributed by atoms with Gasteiger partial charge in [0.25, 0.3) is 5.92 Å². The van der Waals surface area contributed by atoms with Crippen molar-refractivity contribution in [1.29, 1.82) is 0 Å². The van der Waals surface area contributed by atoms with Crippen molar-refractivity contribution in [2.24, 2.45) is 0 Å². The number of benzene rings is 1. The fourth-order valence-electron chi connectivity index (χ4n) is 2.48. The number of fused-ring (bicyclic) bond motifs is 1. The molecule has 2 aliphatic heterocycles. The minimum absolute atomic E-state index is 0.0441. The zero-order chi connectivity index (χ0) is 13.3. The summed E-state index contributed by atoms with van der Waals surface area (Å²) in [7, 11) is 0. The molecule has 1 aromatic rings. The smallest absolute Gasteiger partial charge is 0.250 e. The van der Waals surface area contributed by atoms with Crippen LogP contribution in [-0.4, -0.2) is 37.1 Å². The van der Waals surface area contributed by atoms with Gasteiger partial charge in [0.05, 0.1) is 0 Å². The fourth-order valence-corrected chi connectivity index (χ4v) is 2.48. The normalized spacial score (nSPS) is 22.2. The summed E-state index contributed by atoms with van der Waals surface area (Å²) in [6, 6.07) is 5.81. The van der Waals surface area contributed by atoms with Crippen LogP contribution in [0.4, 0.5) is 8.78 Å². The van der Waals surface area contributed by atoms with E-state index in [1.165, 1.54) is 0 Å². The summed E-state index contributed by atoms with van der Waals surface area (Å²) in [5, 5.41) is 0. The standard InChI is InChI=1S/C14H17F2NO2/c15-14(16)3-5-17(6-4-14)10-11-1-2-12-13(9-11)19-8-7-18-12/h1-2,9H,3-8,10H2. The third-order valence-corrected chi connectivity index (χ3v) is 3.60. The number of hydrogen-bond donors (Lipinski definition) is 0. The van der Waals surface area contributed by atoms with Gasteiger partial charge in [0.15, 0.2) is 11.5 Å². The molecule has 0 unspecified atom stereocenters. The average molecular weight is 269 g/mol. The first-order chi connectivity index (χ1) is 9.12. The molecule has 3 nitrogen and oxygen atoms in total. The molecule has 1 aromatic carbocycles. The number of halogens is 2. The zero-order valence-corrected chi connectivity index (χ0v) is 10.7. The van der Waals surface area contributed by atoms with E-state index < -0.39 is 5.92 Å². The number of ether oxygens (including phenoxy) is 2. The third-order valence-electron chi connectivity index (χ3n) is 3.60. The molecule has 5 heteroatoms. The Morgan fingerprint density at radius 1 is 1.05 bits per heavy atom. The number of piperidine rings is 1. The van der Waals surface area contributed by atoms with Crippen molar-refractivity contribution in [2.75, 3.05) is 26.3 Å². The number of nitrogens with zero attached hydrogens (tertiary/aromatic N) is 1. The van der Waals surface area contributed by atoms with Gasteiger partial charge in [0.1, 0.15) is 13.2 Å². The second-order valence-corrected chi connectivity index (χ2v) is 5.11. The van der Waals surface area contributed by atoms with Gasteiger partial charge in [-0.25, -0.2) is 8.78 Å². The molecule has 19 heavy (non-hydrogen) atoms. The lowest BCUT2D eigenvalue weighted by atomic mass is 10.1. The first-order valence-electron chi connectivity index (χ1n) is 6.61. The Bertz CT molecular complexity index is 455. The van der Waals surface area contributed by atoms with E-state index in [1.54, 1.807) is 0 Å². The quantitative estimate of drug-likeness (QED) is 0.824. The van der Waals surface area contributed by atoms with Gasteiger partial charge in [0, 0.05) is 32.5 Å². The summed E-state index contributed by atoms with van der Waals surface area (Å²) >= 11 is 0. The van der Waals surface area contributed by atoms with E-state index >= 15 is 0 Å². The molecule has 1 saturated heterocycles. The van der Waals surface area contributed by atoms with Gasteiger partial charge >= 0.3 is 0 Å². The first-order valence-corrected chi connectivity index (χ1v) is 6.61. The summed E-state index contributed by atoms with van der Waals surface area (Å²) in [5.41, 5.74) is 1.08. The van der Waals surface area contributed by atoms with E-state index in [2.05, 4.69) is 4.90 Å². The minimum atomic E-state index is -2.48. The number of alkyl halides is 2. The van der Waals surface area contributed by atoms with E-state index in [-0.39, 0.29) is 12.8 Å². The zero-order valence-electron chi connectivity index (χ0n) is 10.7. The third kappa shape index (κ3) is 2.97. The summed E-state index contributed by atoms with van der Waals surface area (Å²) in [4.78, 5) is 2.06. The molecule has 0 atom stereocenters. The van der Waals surface area contributed by atoms with Crippen molar-refractivity contribution < 1.29 is 18.3 Å². The second kappa shape index (κ2) is 4.96. The monoisotopic (exact) mass is 269 g/mol. The highest BCUT2D eigenvalue weighted by Gasteiger charge is 2.33. The lowest BCUT2D eigenvalue weighted by Gasteiger charge is -2.31. The van der Waals surface area contributed by atoms with Crippen molar-refractivity contribution in [3.05, 3.63) is 23.8 Å². The van der Waals surface area contributed by atoms with Crippen molar-refractivity contribution in [3.63, 3.8) is 0 Å². The SMILES string of the molecule is FC1(F)CCN(Cc2ccc3c(c2)OCCO3)CC1. The highest BCUT2D eigenvalue weighted by molar-refractivity contribution is 5.43. The molecule has 2 heterocycles. The van der Waals surface area contributed by atoms with Crippen molar-refractivity contribution in [1.82, 2.24) is 4.90 Å². The van der Waals surface area contributed by atoms with Crippen LogP contribution in [0.3, 0.4) is 0 Å². The van der Waals surface area contributed by atoms with Crippen LogP contribution >= 0.6 is 0 Å². The molecule has 0 bridgehead atoms. The lowest BCUT2D eigenvalue weighted by molar-refractivity contribution is -0.0566. The second-order valence-electron chi connectivity index (χ2n) is 5.11. The lowest BCUT2D eigenvalue weighted by Crippen LogP contribution is -2.38. The molecule has 0 aliphatic carbocycles. The highest BCUT2D eigenvalue weighted by Crippen LogP contribution is 2.32. The van der Waals surface area contributed by atoms with Gasteiger partial charge < -0.3 is 9.47 Å². The fraction of sp³-hybridized carbons (Fsp3) is 0.571. The van der Waals surface area contributed by atoms with E-state index in [9.17, 15) is 8.78 Å². The van der Waals surface area contributed by atoms with Gasteiger partial charge in [-0.2, -0.15) is 0 Å².